The van der Waals surface area contributed by atoms with Crippen molar-refractivity contribution < 1.29 is 9.53 Å². The Morgan fingerprint density at radius 1 is 0.912 bits per heavy atom. The highest BCUT2D eigenvalue weighted by Crippen LogP contribution is 2.30. The van der Waals surface area contributed by atoms with E-state index in [2.05, 4.69) is 27.2 Å². The Kier molecular flexibility index (Phi) is 7.99. The number of nitrogens with zero attached hydrogens (tertiary/aromatic N) is 2. The molecule has 1 saturated heterocycles. The first kappa shape index (κ1) is 24.4. The number of rotatable bonds is 7. The van der Waals surface area contributed by atoms with Gasteiger partial charge in [0.25, 0.3) is 5.91 Å². The second-order valence-electron chi connectivity index (χ2n) is 8.68. The number of carbonyl (C=O) groups is 1. The molecule has 3 aromatic carbocycles. The fraction of sp³-hybridized carbons (Fsp3) is 0.296. The predicted octanol–water partition coefficient (Wildman–Crippen LogP) is 5.95. The molecule has 1 aliphatic rings. The number of nitrogens with one attached hydrogen (secondary N) is 1. The molecule has 0 spiro atoms. The third kappa shape index (κ3) is 6.44. The quantitative estimate of drug-likeness (QED) is 0.437. The average Bonchev–Trinajstić information content (AvgIpc) is 2.79. The molecular formula is C27H29Cl2N3O2. The molecule has 34 heavy (non-hydrogen) atoms. The maximum Gasteiger partial charge on any atom is 0.262 e. The fourth-order valence-corrected chi connectivity index (χ4v) is 4.71. The molecule has 7 heteroatoms. The summed E-state index contributed by atoms with van der Waals surface area (Å²) in [6, 6.07) is 19.5. The number of piperazine rings is 1. The molecule has 5 nitrogen and oxygen atoms in total. The summed E-state index contributed by atoms with van der Waals surface area (Å²) in [7, 11) is 0. The molecule has 0 aliphatic carbocycles. The fourth-order valence-electron chi connectivity index (χ4n) is 4.22. The summed E-state index contributed by atoms with van der Waals surface area (Å²) >= 11 is 12.9. The van der Waals surface area contributed by atoms with Crippen molar-refractivity contribution in [3.63, 3.8) is 0 Å². The molecular weight excluding hydrogens is 469 g/mol. The highest BCUT2D eigenvalue weighted by molar-refractivity contribution is 6.33. The molecule has 1 heterocycles. The maximum absolute atomic E-state index is 12.4. The molecule has 0 saturated carbocycles. The van der Waals surface area contributed by atoms with Gasteiger partial charge in [-0.3, -0.25) is 9.69 Å². The second-order valence-corrected chi connectivity index (χ2v) is 9.50. The number of hydrogen-bond donors (Lipinski definition) is 1. The Balaban J connectivity index is 1.29. The van der Waals surface area contributed by atoms with Gasteiger partial charge in [0, 0.05) is 43.4 Å². The lowest BCUT2D eigenvalue weighted by Crippen LogP contribution is -2.46. The van der Waals surface area contributed by atoms with Crippen molar-refractivity contribution >= 4 is 40.5 Å². The van der Waals surface area contributed by atoms with Crippen LogP contribution in [0.5, 0.6) is 5.75 Å². The monoisotopic (exact) mass is 497 g/mol. The third-order valence-corrected chi connectivity index (χ3v) is 6.53. The third-order valence-electron chi connectivity index (χ3n) is 5.86. The highest BCUT2D eigenvalue weighted by atomic mass is 35.5. The molecule has 1 amide bonds. The van der Waals surface area contributed by atoms with Crippen LogP contribution in [-0.4, -0.2) is 43.6 Å². The van der Waals surface area contributed by atoms with Gasteiger partial charge in [-0.1, -0.05) is 47.5 Å². The minimum Gasteiger partial charge on any atom is -0.484 e. The molecule has 0 radical (unpaired) electrons. The Morgan fingerprint density at radius 3 is 2.29 bits per heavy atom. The van der Waals surface area contributed by atoms with E-state index in [4.69, 9.17) is 27.9 Å². The van der Waals surface area contributed by atoms with Crippen LogP contribution in [0.15, 0.2) is 60.7 Å². The smallest absolute Gasteiger partial charge is 0.262 e. The van der Waals surface area contributed by atoms with Crippen molar-refractivity contribution in [2.45, 2.75) is 20.4 Å². The molecule has 1 N–H and O–H groups in total. The van der Waals surface area contributed by atoms with Gasteiger partial charge in [-0.2, -0.15) is 0 Å². The lowest BCUT2D eigenvalue weighted by Gasteiger charge is -2.36. The van der Waals surface area contributed by atoms with Gasteiger partial charge in [-0.25, -0.2) is 0 Å². The van der Waals surface area contributed by atoms with Gasteiger partial charge in [0.2, 0.25) is 0 Å². The SMILES string of the molecule is Cc1cc(C)cc(OCC(=O)Nc2ccc(N3CCN(Cc4ccccc4Cl)CC3)c(Cl)c2)c1. The minimum absolute atomic E-state index is 0.0599. The maximum atomic E-state index is 12.4. The molecule has 0 unspecified atom stereocenters. The first-order valence-corrected chi connectivity index (χ1v) is 12.1. The average molecular weight is 498 g/mol. The van der Waals surface area contributed by atoms with Crippen LogP contribution in [0.1, 0.15) is 16.7 Å². The lowest BCUT2D eigenvalue weighted by atomic mass is 10.1. The summed E-state index contributed by atoms with van der Waals surface area (Å²) in [4.78, 5) is 17.0. The second kappa shape index (κ2) is 11.1. The van der Waals surface area contributed by atoms with Crippen molar-refractivity contribution in [1.29, 1.82) is 0 Å². The highest BCUT2D eigenvalue weighted by Gasteiger charge is 2.20. The van der Waals surface area contributed by atoms with E-state index in [0.29, 0.717) is 16.5 Å². The van der Waals surface area contributed by atoms with Gasteiger partial charge in [-0.15, -0.1) is 0 Å². The summed E-state index contributed by atoms with van der Waals surface area (Å²) in [6.07, 6.45) is 0. The van der Waals surface area contributed by atoms with Crippen molar-refractivity contribution in [1.82, 2.24) is 4.90 Å². The number of anilines is 2. The van der Waals surface area contributed by atoms with Gasteiger partial charge in [0.1, 0.15) is 5.75 Å². The van der Waals surface area contributed by atoms with Crippen LogP contribution in [0.2, 0.25) is 10.0 Å². The zero-order chi connectivity index (χ0) is 24.1. The molecule has 1 aliphatic heterocycles. The summed E-state index contributed by atoms with van der Waals surface area (Å²) in [6.45, 7) is 8.39. The van der Waals surface area contributed by atoms with Crippen LogP contribution in [0, 0.1) is 13.8 Å². The number of carbonyl (C=O) groups excluding carboxylic acids is 1. The predicted molar refractivity (Wildman–Crippen MR) is 140 cm³/mol. The van der Waals surface area contributed by atoms with E-state index in [1.54, 1.807) is 6.07 Å². The molecule has 178 valence electrons. The lowest BCUT2D eigenvalue weighted by molar-refractivity contribution is -0.118. The largest absolute Gasteiger partial charge is 0.484 e. The number of ether oxygens (including phenoxy) is 1. The minimum atomic E-state index is -0.226. The van der Waals surface area contributed by atoms with Crippen molar-refractivity contribution in [2.75, 3.05) is 43.0 Å². The Morgan fingerprint density at radius 2 is 1.62 bits per heavy atom. The van der Waals surface area contributed by atoms with E-state index in [0.717, 1.165) is 60.1 Å². The molecule has 0 atom stereocenters. The van der Waals surface area contributed by atoms with Crippen LogP contribution >= 0.6 is 23.2 Å². The summed E-state index contributed by atoms with van der Waals surface area (Å²) in [5.41, 5.74) is 4.98. The van der Waals surface area contributed by atoms with Gasteiger partial charge in [0.15, 0.2) is 6.61 Å². The zero-order valence-corrected chi connectivity index (χ0v) is 21.0. The molecule has 4 rings (SSSR count). The van der Waals surface area contributed by atoms with Crippen molar-refractivity contribution in [3.8, 4) is 5.75 Å². The van der Waals surface area contributed by atoms with E-state index in [9.17, 15) is 4.79 Å². The number of benzene rings is 3. The topological polar surface area (TPSA) is 44.8 Å². The van der Waals surface area contributed by atoms with Gasteiger partial charge in [0.05, 0.1) is 10.7 Å². The van der Waals surface area contributed by atoms with E-state index < -0.39 is 0 Å². The van der Waals surface area contributed by atoms with Gasteiger partial charge >= 0.3 is 0 Å². The number of amides is 1. The first-order valence-electron chi connectivity index (χ1n) is 11.4. The van der Waals surface area contributed by atoms with Crippen molar-refractivity contribution in [3.05, 3.63) is 87.4 Å². The normalized spacial score (nSPS) is 14.2. The van der Waals surface area contributed by atoms with E-state index in [1.807, 2.05) is 56.3 Å². The standard InChI is InChI=1S/C27H29Cl2N3O2/c1-19-13-20(2)15-23(14-19)34-18-27(33)30-22-7-8-26(25(29)16-22)32-11-9-31(10-12-32)17-21-5-3-4-6-24(21)28/h3-8,13-16H,9-12,17-18H2,1-2H3,(H,30,33). The van der Waals surface area contributed by atoms with Crippen LogP contribution in [0.4, 0.5) is 11.4 Å². The molecule has 3 aromatic rings. The summed E-state index contributed by atoms with van der Waals surface area (Å²) in [5, 5.41) is 4.29. The van der Waals surface area contributed by atoms with Crippen LogP contribution in [-0.2, 0) is 11.3 Å². The Labute approximate surface area is 211 Å². The van der Waals surface area contributed by atoms with Gasteiger partial charge in [-0.05, 0) is 66.9 Å². The van der Waals surface area contributed by atoms with Crippen LogP contribution in [0.3, 0.4) is 0 Å². The molecule has 1 fully saturated rings. The first-order chi connectivity index (χ1) is 16.4. The number of hydrogen-bond acceptors (Lipinski definition) is 4. The zero-order valence-electron chi connectivity index (χ0n) is 19.5. The number of halogens is 2. The molecule has 0 bridgehead atoms. The Bertz CT molecular complexity index is 1140. The number of aryl methyl sites for hydroxylation is 2. The van der Waals surface area contributed by atoms with Crippen molar-refractivity contribution in [2.24, 2.45) is 0 Å². The van der Waals surface area contributed by atoms with Crippen LogP contribution < -0.4 is 15.0 Å². The van der Waals surface area contributed by atoms with E-state index in [-0.39, 0.29) is 12.5 Å². The van der Waals surface area contributed by atoms with Gasteiger partial charge < -0.3 is 15.0 Å². The van der Waals surface area contributed by atoms with E-state index >= 15 is 0 Å². The Hall–Kier alpha value is -2.73. The summed E-state index contributed by atoms with van der Waals surface area (Å²) < 4.78 is 5.64. The summed E-state index contributed by atoms with van der Waals surface area (Å²) in [5.74, 6) is 0.464. The molecule has 0 aromatic heterocycles. The van der Waals surface area contributed by atoms with E-state index in [1.165, 1.54) is 0 Å². The van der Waals surface area contributed by atoms with Crippen LogP contribution in [0.25, 0.3) is 0 Å².